The van der Waals surface area contributed by atoms with Crippen LogP contribution in [0, 0.1) is 0 Å². The molecule has 104 valence electrons. The van der Waals surface area contributed by atoms with E-state index >= 15 is 0 Å². The molecule has 0 aliphatic carbocycles. The molecule has 2 nitrogen and oxygen atoms in total. The van der Waals surface area contributed by atoms with Crippen LogP contribution in [0.15, 0.2) is 41.8 Å². The van der Waals surface area contributed by atoms with Crippen molar-refractivity contribution in [3.8, 4) is 0 Å². The third-order valence-electron chi connectivity index (χ3n) is 2.71. The minimum absolute atomic E-state index is 0.0514. The Balaban J connectivity index is 1.98. The summed E-state index contributed by atoms with van der Waals surface area (Å²) in [7, 11) is 1.75. The van der Waals surface area contributed by atoms with E-state index in [1.807, 2.05) is 29.7 Å². The maximum Gasteiger partial charge on any atom is 0.246 e. The summed E-state index contributed by atoms with van der Waals surface area (Å²) in [5, 5.41) is 2.99. The largest absolute Gasteiger partial charge is 0.338 e. The predicted molar refractivity (Wildman–Crippen MR) is 86.3 cm³/mol. The van der Waals surface area contributed by atoms with Crippen molar-refractivity contribution in [3.63, 3.8) is 0 Å². The number of benzene rings is 1. The number of hydrogen-bond donors (Lipinski definition) is 0. The molecule has 0 spiro atoms. The van der Waals surface area contributed by atoms with Crippen molar-refractivity contribution in [2.75, 3.05) is 7.05 Å². The first-order valence-electron chi connectivity index (χ1n) is 5.97. The van der Waals surface area contributed by atoms with Crippen LogP contribution in [-0.2, 0) is 11.3 Å². The molecule has 20 heavy (non-hydrogen) atoms. The standard InChI is InChI=1S/C15H13Cl2NOS/c1-18(10-11-4-6-13(16)14(17)9-11)15(19)7-5-12-3-2-8-20-12/h2-9H,10H2,1H3/b7-5+. The molecule has 2 aromatic rings. The van der Waals surface area contributed by atoms with E-state index in [2.05, 4.69) is 0 Å². The van der Waals surface area contributed by atoms with Crippen LogP contribution in [0.4, 0.5) is 0 Å². The first kappa shape index (κ1) is 15.1. The summed E-state index contributed by atoms with van der Waals surface area (Å²) in [5.41, 5.74) is 0.944. The average molecular weight is 326 g/mol. The maximum atomic E-state index is 12.0. The van der Waals surface area contributed by atoms with Gasteiger partial charge in [-0.15, -0.1) is 11.3 Å². The van der Waals surface area contributed by atoms with Crippen molar-refractivity contribution in [1.82, 2.24) is 4.90 Å². The van der Waals surface area contributed by atoms with Gasteiger partial charge >= 0.3 is 0 Å². The molecule has 2 rings (SSSR count). The van der Waals surface area contributed by atoms with E-state index < -0.39 is 0 Å². The molecular weight excluding hydrogens is 313 g/mol. The van der Waals surface area contributed by atoms with Crippen molar-refractivity contribution < 1.29 is 4.79 Å². The smallest absolute Gasteiger partial charge is 0.246 e. The van der Waals surface area contributed by atoms with Gasteiger partial charge in [0.2, 0.25) is 5.91 Å². The van der Waals surface area contributed by atoms with Crippen LogP contribution in [0.3, 0.4) is 0 Å². The highest BCUT2D eigenvalue weighted by atomic mass is 35.5. The van der Waals surface area contributed by atoms with E-state index in [0.29, 0.717) is 16.6 Å². The first-order valence-corrected chi connectivity index (χ1v) is 7.60. The molecular formula is C15H13Cl2NOS. The maximum absolute atomic E-state index is 12.0. The number of likely N-dealkylation sites (N-methyl/N-ethyl adjacent to an activating group) is 1. The van der Waals surface area contributed by atoms with Gasteiger partial charge in [-0.25, -0.2) is 0 Å². The molecule has 0 unspecified atom stereocenters. The highest BCUT2D eigenvalue weighted by molar-refractivity contribution is 7.10. The molecule has 1 aromatic heterocycles. The van der Waals surface area contributed by atoms with Crippen molar-refractivity contribution in [3.05, 3.63) is 62.3 Å². The molecule has 5 heteroatoms. The molecule has 0 saturated carbocycles. The van der Waals surface area contributed by atoms with Crippen LogP contribution in [0.2, 0.25) is 10.0 Å². The minimum Gasteiger partial charge on any atom is -0.338 e. The summed E-state index contributed by atoms with van der Waals surface area (Å²) >= 11 is 13.4. The lowest BCUT2D eigenvalue weighted by molar-refractivity contribution is -0.125. The lowest BCUT2D eigenvalue weighted by atomic mass is 10.2. The SMILES string of the molecule is CN(Cc1ccc(Cl)c(Cl)c1)C(=O)/C=C/c1cccs1. The van der Waals surface area contributed by atoms with Crippen molar-refractivity contribution in [1.29, 1.82) is 0 Å². The quantitative estimate of drug-likeness (QED) is 0.744. The Morgan fingerprint density at radius 1 is 1.30 bits per heavy atom. The summed E-state index contributed by atoms with van der Waals surface area (Å²) in [6.07, 6.45) is 3.39. The summed E-state index contributed by atoms with van der Waals surface area (Å²) in [6, 6.07) is 9.29. The second-order valence-corrected chi connectivity index (χ2v) is 6.09. The zero-order valence-corrected chi connectivity index (χ0v) is 13.2. The number of carbonyl (C=O) groups excluding carboxylic acids is 1. The number of carbonyl (C=O) groups is 1. The molecule has 1 heterocycles. The van der Waals surface area contributed by atoms with E-state index in [4.69, 9.17) is 23.2 Å². The Morgan fingerprint density at radius 2 is 2.10 bits per heavy atom. The van der Waals surface area contributed by atoms with Gasteiger partial charge in [-0.2, -0.15) is 0 Å². The fourth-order valence-electron chi connectivity index (χ4n) is 1.66. The highest BCUT2D eigenvalue weighted by Gasteiger charge is 2.07. The lowest BCUT2D eigenvalue weighted by Crippen LogP contribution is -2.24. The molecule has 0 radical (unpaired) electrons. The second-order valence-electron chi connectivity index (χ2n) is 4.29. The number of amides is 1. The predicted octanol–water partition coefficient (Wildman–Crippen LogP) is 4.73. The molecule has 0 aliphatic rings. The summed E-state index contributed by atoms with van der Waals surface area (Å²) in [6.45, 7) is 0.491. The molecule has 1 amide bonds. The van der Waals surface area contributed by atoms with E-state index in [0.717, 1.165) is 10.4 Å². The Bertz CT molecular complexity index is 623. The third kappa shape index (κ3) is 4.10. The molecule has 0 atom stereocenters. The normalized spacial score (nSPS) is 10.9. The second kappa shape index (κ2) is 6.93. The van der Waals surface area contributed by atoms with Gasteiger partial charge in [0.25, 0.3) is 0 Å². The minimum atomic E-state index is -0.0514. The molecule has 0 aliphatic heterocycles. The average Bonchev–Trinajstić information content (AvgIpc) is 2.93. The lowest BCUT2D eigenvalue weighted by Gasteiger charge is -2.15. The van der Waals surface area contributed by atoms with Gasteiger partial charge in [0.05, 0.1) is 10.0 Å². The number of halogens is 2. The zero-order chi connectivity index (χ0) is 14.5. The Hall–Kier alpha value is -1.29. The van der Waals surface area contributed by atoms with E-state index in [1.165, 1.54) is 0 Å². The van der Waals surface area contributed by atoms with E-state index in [1.54, 1.807) is 41.5 Å². The molecule has 0 bridgehead atoms. The first-order chi connectivity index (χ1) is 9.56. The molecule has 0 fully saturated rings. The topological polar surface area (TPSA) is 20.3 Å². The highest BCUT2D eigenvalue weighted by Crippen LogP contribution is 2.23. The summed E-state index contributed by atoms with van der Waals surface area (Å²) in [5.74, 6) is -0.0514. The number of hydrogen-bond acceptors (Lipinski definition) is 2. The van der Waals surface area contributed by atoms with Crippen LogP contribution in [-0.4, -0.2) is 17.9 Å². The third-order valence-corrected chi connectivity index (χ3v) is 4.29. The van der Waals surface area contributed by atoms with Crippen LogP contribution in [0.5, 0.6) is 0 Å². The van der Waals surface area contributed by atoms with E-state index in [-0.39, 0.29) is 5.91 Å². The van der Waals surface area contributed by atoms with Crippen molar-refractivity contribution in [2.45, 2.75) is 6.54 Å². The molecule has 0 saturated heterocycles. The number of rotatable bonds is 4. The fourth-order valence-corrected chi connectivity index (χ4v) is 2.60. The monoisotopic (exact) mass is 325 g/mol. The zero-order valence-electron chi connectivity index (χ0n) is 10.8. The Kier molecular flexibility index (Phi) is 5.24. The Labute approximate surface area is 132 Å². The van der Waals surface area contributed by atoms with Gasteiger partial charge < -0.3 is 4.90 Å². The molecule has 0 N–H and O–H groups in total. The number of thiophene rings is 1. The van der Waals surface area contributed by atoms with Crippen LogP contribution in [0.25, 0.3) is 6.08 Å². The Morgan fingerprint density at radius 3 is 2.75 bits per heavy atom. The van der Waals surface area contributed by atoms with Crippen LogP contribution < -0.4 is 0 Å². The van der Waals surface area contributed by atoms with Gasteiger partial charge in [0.15, 0.2) is 0 Å². The number of nitrogens with zero attached hydrogens (tertiary/aromatic N) is 1. The fraction of sp³-hybridized carbons (Fsp3) is 0.133. The van der Waals surface area contributed by atoms with Crippen LogP contribution in [0.1, 0.15) is 10.4 Å². The summed E-state index contributed by atoms with van der Waals surface area (Å²) in [4.78, 5) is 14.7. The van der Waals surface area contributed by atoms with Gasteiger partial charge in [-0.1, -0.05) is 35.3 Å². The van der Waals surface area contributed by atoms with Gasteiger partial charge in [-0.05, 0) is 35.2 Å². The van der Waals surface area contributed by atoms with Crippen molar-refractivity contribution in [2.24, 2.45) is 0 Å². The van der Waals surface area contributed by atoms with Crippen molar-refractivity contribution >= 4 is 46.5 Å². The van der Waals surface area contributed by atoms with Gasteiger partial charge in [0.1, 0.15) is 0 Å². The van der Waals surface area contributed by atoms with Crippen LogP contribution >= 0.6 is 34.5 Å². The van der Waals surface area contributed by atoms with Gasteiger partial charge in [0, 0.05) is 24.5 Å². The van der Waals surface area contributed by atoms with E-state index in [9.17, 15) is 4.79 Å². The molecule has 1 aromatic carbocycles. The van der Waals surface area contributed by atoms with Gasteiger partial charge in [-0.3, -0.25) is 4.79 Å². The summed E-state index contributed by atoms with van der Waals surface area (Å²) < 4.78 is 0.